The number of rotatable bonds is 3. The lowest BCUT2D eigenvalue weighted by Crippen LogP contribution is -2.00. The first-order valence-electron chi connectivity index (χ1n) is 4.92. The van der Waals surface area contributed by atoms with Crippen molar-refractivity contribution in [1.82, 2.24) is 9.97 Å². The Morgan fingerprint density at radius 3 is 2.50 bits per heavy atom. The van der Waals surface area contributed by atoms with Crippen LogP contribution in [-0.2, 0) is 6.54 Å². The maximum Gasteiger partial charge on any atom is 0.229 e. The van der Waals surface area contributed by atoms with Gasteiger partial charge in [0.25, 0.3) is 0 Å². The summed E-state index contributed by atoms with van der Waals surface area (Å²) in [7, 11) is 0. The van der Waals surface area contributed by atoms with Gasteiger partial charge in [-0.05, 0) is 23.8 Å². The van der Waals surface area contributed by atoms with Crippen molar-refractivity contribution in [2.45, 2.75) is 6.54 Å². The minimum absolute atomic E-state index is 0.441. The fourth-order valence-corrected chi connectivity index (χ4v) is 1.29. The second kappa shape index (κ2) is 4.59. The van der Waals surface area contributed by atoms with Crippen LogP contribution in [0.25, 0.3) is 0 Å². The summed E-state index contributed by atoms with van der Waals surface area (Å²) < 4.78 is 0. The standard InChI is InChI=1S/C11H13N5/c12-7-8-1-3-9(4-2-8)15-11-14-6-5-10(13)16-11/h1-6H,7,12H2,(H3,13,14,15,16). The van der Waals surface area contributed by atoms with Crippen LogP contribution in [0.1, 0.15) is 5.56 Å². The van der Waals surface area contributed by atoms with Crippen LogP contribution < -0.4 is 16.8 Å². The van der Waals surface area contributed by atoms with E-state index in [0.29, 0.717) is 18.3 Å². The van der Waals surface area contributed by atoms with Gasteiger partial charge < -0.3 is 16.8 Å². The Labute approximate surface area is 93.5 Å². The van der Waals surface area contributed by atoms with Gasteiger partial charge in [-0.3, -0.25) is 0 Å². The summed E-state index contributed by atoms with van der Waals surface area (Å²) in [5.41, 5.74) is 13.0. The zero-order chi connectivity index (χ0) is 11.4. The maximum absolute atomic E-state index is 5.55. The molecule has 0 aliphatic heterocycles. The molecule has 0 amide bonds. The molecule has 0 spiro atoms. The van der Waals surface area contributed by atoms with Gasteiger partial charge >= 0.3 is 0 Å². The van der Waals surface area contributed by atoms with Crippen molar-refractivity contribution in [2.24, 2.45) is 5.73 Å². The van der Waals surface area contributed by atoms with Gasteiger partial charge in [0.05, 0.1) is 0 Å². The molecule has 2 aromatic rings. The Bertz CT molecular complexity index is 466. The monoisotopic (exact) mass is 215 g/mol. The van der Waals surface area contributed by atoms with Crippen LogP contribution in [0.2, 0.25) is 0 Å². The van der Waals surface area contributed by atoms with Gasteiger partial charge in [0, 0.05) is 18.4 Å². The lowest BCUT2D eigenvalue weighted by Gasteiger charge is -2.05. The average molecular weight is 215 g/mol. The van der Waals surface area contributed by atoms with E-state index in [0.717, 1.165) is 11.3 Å². The number of nitrogens with one attached hydrogen (secondary N) is 1. The summed E-state index contributed by atoms with van der Waals surface area (Å²) in [6.45, 7) is 0.537. The van der Waals surface area contributed by atoms with Crippen LogP contribution in [-0.4, -0.2) is 9.97 Å². The number of aromatic nitrogens is 2. The summed E-state index contributed by atoms with van der Waals surface area (Å²) in [4.78, 5) is 8.09. The second-order valence-corrected chi connectivity index (χ2v) is 3.33. The first-order valence-corrected chi connectivity index (χ1v) is 4.92. The van der Waals surface area contributed by atoms with Crippen molar-refractivity contribution in [3.63, 3.8) is 0 Å². The minimum atomic E-state index is 0.441. The quantitative estimate of drug-likeness (QED) is 0.717. The largest absolute Gasteiger partial charge is 0.384 e. The second-order valence-electron chi connectivity index (χ2n) is 3.33. The fourth-order valence-electron chi connectivity index (χ4n) is 1.29. The third-order valence-electron chi connectivity index (χ3n) is 2.12. The third kappa shape index (κ3) is 2.46. The van der Waals surface area contributed by atoms with E-state index in [1.54, 1.807) is 12.3 Å². The molecule has 2 rings (SSSR count). The number of benzene rings is 1. The van der Waals surface area contributed by atoms with E-state index in [9.17, 15) is 0 Å². The molecule has 16 heavy (non-hydrogen) atoms. The Balaban J connectivity index is 2.14. The molecule has 0 atom stereocenters. The molecule has 5 heteroatoms. The van der Waals surface area contributed by atoms with Crippen molar-refractivity contribution in [3.8, 4) is 0 Å². The van der Waals surface area contributed by atoms with Crippen LogP contribution in [0.4, 0.5) is 17.5 Å². The van der Waals surface area contributed by atoms with Crippen LogP contribution >= 0.6 is 0 Å². The summed E-state index contributed by atoms with van der Waals surface area (Å²) in [6, 6.07) is 9.40. The zero-order valence-corrected chi connectivity index (χ0v) is 8.72. The van der Waals surface area contributed by atoms with Gasteiger partial charge in [0.2, 0.25) is 5.95 Å². The highest BCUT2D eigenvalue weighted by Crippen LogP contribution is 2.13. The Kier molecular flexibility index (Phi) is 2.98. The van der Waals surface area contributed by atoms with Crippen molar-refractivity contribution < 1.29 is 0 Å². The van der Waals surface area contributed by atoms with E-state index >= 15 is 0 Å². The first-order chi connectivity index (χ1) is 7.78. The van der Waals surface area contributed by atoms with Gasteiger partial charge in [0.15, 0.2) is 0 Å². The van der Waals surface area contributed by atoms with Crippen molar-refractivity contribution in [3.05, 3.63) is 42.1 Å². The fraction of sp³-hybridized carbons (Fsp3) is 0.0909. The van der Waals surface area contributed by atoms with Gasteiger partial charge in [-0.25, -0.2) is 4.98 Å². The van der Waals surface area contributed by atoms with Crippen LogP contribution in [0.3, 0.4) is 0 Å². The SMILES string of the molecule is NCc1ccc(Nc2nccc(N)n2)cc1. The molecule has 0 fully saturated rings. The van der Waals surface area contributed by atoms with Crippen molar-refractivity contribution >= 4 is 17.5 Å². The number of nitrogens with zero attached hydrogens (tertiary/aromatic N) is 2. The van der Waals surface area contributed by atoms with E-state index in [4.69, 9.17) is 11.5 Å². The predicted octanol–water partition coefficient (Wildman–Crippen LogP) is 1.26. The predicted molar refractivity (Wildman–Crippen MR) is 64.1 cm³/mol. The lowest BCUT2D eigenvalue weighted by molar-refractivity contribution is 1.07. The van der Waals surface area contributed by atoms with Gasteiger partial charge in [-0.1, -0.05) is 12.1 Å². The molecule has 5 N–H and O–H groups in total. The van der Waals surface area contributed by atoms with E-state index in [1.165, 1.54) is 0 Å². The summed E-state index contributed by atoms with van der Waals surface area (Å²) in [5, 5.41) is 3.05. The molecule has 0 bridgehead atoms. The summed E-state index contributed by atoms with van der Waals surface area (Å²) >= 11 is 0. The number of hydrogen-bond acceptors (Lipinski definition) is 5. The smallest absolute Gasteiger partial charge is 0.229 e. The van der Waals surface area contributed by atoms with Crippen LogP contribution in [0.5, 0.6) is 0 Å². The number of nitrogen functional groups attached to an aromatic ring is 1. The molecular formula is C11H13N5. The number of anilines is 3. The highest BCUT2D eigenvalue weighted by molar-refractivity contribution is 5.54. The molecular weight excluding hydrogens is 202 g/mol. The van der Waals surface area contributed by atoms with Gasteiger partial charge in [-0.2, -0.15) is 4.98 Å². The van der Waals surface area contributed by atoms with Crippen molar-refractivity contribution in [2.75, 3.05) is 11.1 Å². The molecule has 0 aliphatic carbocycles. The van der Waals surface area contributed by atoms with E-state index in [-0.39, 0.29) is 0 Å². The van der Waals surface area contributed by atoms with Crippen molar-refractivity contribution in [1.29, 1.82) is 0 Å². The van der Waals surface area contributed by atoms with E-state index in [2.05, 4.69) is 15.3 Å². The third-order valence-corrected chi connectivity index (χ3v) is 2.12. The summed E-state index contributed by atoms with van der Waals surface area (Å²) in [6.07, 6.45) is 1.61. The zero-order valence-electron chi connectivity index (χ0n) is 8.72. The van der Waals surface area contributed by atoms with Gasteiger partial charge in [0.1, 0.15) is 5.82 Å². The highest BCUT2D eigenvalue weighted by atomic mass is 15.1. The van der Waals surface area contributed by atoms with Gasteiger partial charge in [-0.15, -0.1) is 0 Å². The molecule has 82 valence electrons. The Hall–Kier alpha value is -2.14. The van der Waals surface area contributed by atoms with Crippen LogP contribution in [0.15, 0.2) is 36.5 Å². The molecule has 5 nitrogen and oxygen atoms in total. The lowest BCUT2D eigenvalue weighted by atomic mass is 10.2. The van der Waals surface area contributed by atoms with E-state index < -0.39 is 0 Å². The normalized spacial score (nSPS) is 10.1. The van der Waals surface area contributed by atoms with Crippen LogP contribution in [0, 0.1) is 0 Å². The summed E-state index contributed by atoms with van der Waals surface area (Å²) in [5.74, 6) is 0.927. The Morgan fingerprint density at radius 1 is 1.12 bits per heavy atom. The molecule has 0 saturated heterocycles. The average Bonchev–Trinajstić information content (AvgIpc) is 2.30. The molecule has 0 saturated carbocycles. The molecule has 1 heterocycles. The molecule has 0 aliphatic rings. The molecule has 0 unspecified atom stereocenters. The maximum atomic E-state index is 5.55. The molecule has 1 aromatic heterocycles. The Morgan fingerprint density at radius 2 is 1.88 bits per heavy atom. The topological polar surface area (TPSA) is 89.8 Å². The first kappa shape index (κ1) is 10.4. The minimum Gasteiger partial charge on any atom is -0.384 e. The molecule has 1 aromatic carbocycles. The van der Waals surface area contributed by atoms with E-state index in [1.807, 2.05) is 24.3 Å². The number of nitrogens with two attached hydrogens (primary N) is 2. The molecule has 0 radical (unpaired) electrons. The highest BCUT2D eigenvalue weighted by Gasteiger charge is 1.97. The number of hydrogen-bond donors (Lipinski definition) is 3.